The molecule has 0 unspecified atom stereocenters. The Morgan fingerprint density at radius 2 is 1.76 bits per heavy atom. The number of thiophene rings is 1. The van der Waals surface area contributed by atoms with E-state index in [-0.39, 0.29) is 20.6 Å². The number of nitro groups is 2. The van der Waals surface area contributed by atoms with Crippen LogP contribution in [-0.2, 0) is 0 Å². The first-order chi connectivity index (χ1) is 9.88. The van der Waals surface area contributed by atoms with E-state index < -0.39 is 15.8 Å². The number of nitrogens with one attached hydrogen (secondary N) is 1. The van der Waals surface area contributed by atoms with Crippen LogP contribution in [0.25, 0.3) is 0 Å². The maximum absolute atomic E-state index is 11.9. The summed E-state index contributed by atoms with van der Waals surface area (Å²) < 4.78 is -0.0890. The summed E-state index contributed by atoms with van der Waals surface area (Å²) in [5.41, 5.74) is -0.115. The van der Waals surface area contributed by atoms with E-state index in [4.69, 9.17) is 11.6 Å². The molecule has 1 amide bonds. The van der Waals surface area contributed by atoms with Gasteiger partial charge in [0.1, 0.15) is 4.88 Å². The van der Waals surface area contributed by atoms with Crippen molar-refractivity contribution in [2.75, 3.05) is 5.32 Å². The van der Waals surface area contributed by atoms with Crippen molar-refractivity contribution in [3.63, 3.8) is 0 Å². The van der Waals surface area contributed by atoms with Crippen LogP contribution in [0.15, 0.2) is 30.3 Å². The summed E-state index contributed by atoms with van der Waals surface area (Å²) in [7, 11) is 0. The topological polar surface area (TPSA) is 115 Å². The Kier molecular flexibility index (Phi) is 4.15. The number of halogens is 1. The minimum Gasteiger partial charge on any atom is -0.321 e. The summed E-state index contributed by atoms with van der Waals surface area (Å²) in [6.45, 7) is 0. The van der Waals surface area contributed by atoms with Crippen molar-refractivity contribution in [3.05, 3.63) is 59.8 Å². The van der Waals surface area contributed by atoms with Crippen LogP contribution in [0, 0.1) is 20.2 Å². The largest absolute Gasteiger partial charge is 0.321 e. The third kappa shape index (κ3) is 3.33. The number of rotatable bonds is 4. The molecule has 0 bridgehead atoms. The second kappa shape index (κ2) is 5.85. The molecule has 108 valence electrons. The van der Waals surface area contributed by atoms with E-state index in [0.29, 0.717) is 5.69 Å². The number of carbonyl (C=O) groups excluding carboxylic acids is 1. The highest BCUT2D eigenvalue weighted by Gasteiger charge is 2.21. The van der Waals surface area contributed by atoms with Crippen molar-refractivity contribution in [2.24, 2.45) is 0 Å². The van der Waals surface area contributed by atoms with Crippen molar-refractivity contribution >= 4 is 45.9 Å². The molecule has 0 aliphatic heterocycles. The van der Waals surface area contributed by atoms with Crippen LogP contribution in [0.3, 0.4) is 0 Å². The normalized spacial score (nSPS) is 10.1. The Morgan fingerprint density at radius 3 is 2.24 bits per heavy atom. The zero-order valence-corrected chi connectivity index (χ0v) is 11.7. The molecule has 8 nitrogen and oxygen atoms in total. The Bertz CT molecular complexity index is 728. The molecule has 0 saturated heterocycles. The van der Waals surface area contributed by atoms with Crippen LogP contribution in [0.2, 0.25) is 4.34 Å². The van der Waals surface area contributed by atoms with Gasteiger partial charge in [0.25, 0.3) is 17.3 Å². The first-order valence-corrected chi connectivity index (χ1v) is 6.57. The summed E-state index contributed by atoms with van der Waals surface area (Å²) in [6.07, 6.45) is 0. The predicted octanol–water partition coefficient (Wildman–Crippen LogP) is 3.47. The average molecular weight is 328 g/mol. The molecule has 0 spiro atoms. The monoisotopic (exact) mass is 327 g/mol. The third-order valence-electron chi connectivity index (χ3n) is 2.43. The number of anilines is 1. The summed E-state index contributed by atoms with van der Waals surface area (Å²) >= 11 is 6.45. The lowest BCUT2D eigenvalue weighted by atomic mass is 10.3. The second-order valence-corrected chi connectivity index (χ2v) is 5.44. The molecule has 0 fully saturated rings. The smallest absolute Gasteiger partial charge is 0.299 e. The van der Waals surface area contributed by atoms with Gasteiger partial charge in [-0.05, 0) is 12.1 Å². The van der Waals surface area contributed by atoms with E-state index in [9.17, 15) is 25.0 Å². The average Bonchev–Trinajstić information content (AvgIpc) is 2.81. The molecule has 2 aromatic rings. The van der Waals surface area contributed by atoms with E-state index in [1.54, 1.807) is 0 Å². The summed E-state index contributed by atoms with van der Waals surface area (Å²) in [6, 6.07) is 6.27. The Morgan fingerprint density at radius 1 is 1.14 bits per heavy atom. The summed E-state index contributed by atoms with van der Waals surface area (Å²) in [5, 5.41) is 23.6. The van der Waals surface area contributed by atoms with Crippen LogP contribution < -0.4 is 5.32 Å². The minimum atomic E-state index is -0.679. The Hall–Kier alpha value is -2.52. The molecule has 0 radical (unpaired) electrons. The van der Waals surface area contributed by atoms with Gasteiger partial charge in [0, 0.05) is 23.9 Å². The van der Waals surface area contributed by atoms with Crippen molar-refractivity contribution in [1.29, 1.82) is 0 Å². The zero-order valence-electron chi connectivity index (χ0n) is 10.1. The number of benzene rings is 1. The number of amides is 1. The Labute approximate surface area is 126 Å². The summed E-state index contributed by atoms with van der Waals surface area (Å²) in [5.74, 6) is -0.580. The number of nitrogens with zero attached hydrogens (tertiary/aromatic N) is 2. The Balaban J connectivity index is 2.16. The van der Waals surface area contributed by atoms with Gasteiger partial charge in [-0.3, -0.25) is 25.0 Å². The fraction of sp³-hybridized carbons (Fsp3) is 0. The number of hydrogen-bond donors (Lipinski definition) is 1. The highest BCUT2D eigenvalue weighted by Crippen LogP contribution is 2.34. The van der Waals surface area contributed by atoms with Gasteiger partial charge in [-0.1, -0.05) is 11.6 Å². The molecular weight excluding hydrogens is 322 g/mol. The lowest BCUT2D eigenvalue weighted by Gasteiger charge is -2.02. The van der Waals surface area contributed by atoms with Crippen LogP contribution in [0.4, 0.5) is 17.1 Å². The molecular formula is C11H6ClN3O5S. The highest BCUT2D eigenvalue weighted by atomic mass is 35.5. The van der Waals surface area contributed by atoms with Gasteiger partial charge in [-0.25, -0.2) is 0 Å². The third-order valence-corrected chi connectivity index (χ3v) is 3.76. The molecule has 0 aliphatic carbocycles. The quantitative estimate of drug-likeness (QED) is 0.681. The molecule has 0 aliphatic rings. The van der Waals surface area contributed by atoms with Gasteiger partial charge >= 0.3 is 0 Å². The fourth-order valence-corrected chi connectivity index (χ4v) is 2.57. The van der Waals surface area contributed by atoms with E-state index in [1.165, 1.54) is 24.3 Å². The maximum atomic E-state index is 11.9. The first kappa shape index (κ1) is 14.9. The molecule has 1 heterocycles. The van der Waals surface area contributed by atoms with E-state index in [2.05, 4.69) is 5.32 Å². The number of nitro benzene ring substituents is 1. The molecule has 1 aromatic heterocycles. The number of carbonyl (C=O) groups is 1. The molecule has 1 N–H and O–H groups in total. The van der Waals surface area contributed by atoms with Crippen LogP contribution >= 0.6 is 22.9 Å². The van der Waals surface area contributed by atoms with Crippen molar-refractivity contribution in [3.8, 4) is 0 Å². The first-order valence-electron chi connectivity index (χ1n) is 5.38. The van der Waals surface area contributed by atoms with Crippen molar-refractivity contribution in [2.45, 2.75) is 0 Å². The highest BCUT2D eigenvalue weighted by molar-refractivity contribution is 7.18. The summed E-state index contributed by atoms with van der Waals surface area (Å²) in [4.78, 5) is 31.9. The van der Waals surface area contributed by atoms with Crippen molar-refractivity contribution in [1.82, 2.24) is 0 Å². The molecule has 10 heteroatoms. The van der Waals surface area contributed by atoms with E-state index in [0.717, 1.165) is 17.4 Å². The van der Waals surface area contributed by atoms with Crippen molar-refractivity contribution < 1.29 is 14.6 Å². The van der Waals surface area contributed by atoms with Gasteiger partial charge < -0.3 is 5.32 Å². The van der Waals surface area contributed by atoms with E-state index >= 15 is 0 Å². The molecule has 1 aromatic carbocycles. The van der Waals surface area contributed by atoms with Crippen LogP contribution in [0.5, 0.6) is 0 Å². The maximum Gasteiger partial charge on any atom is 0.299 e. The second-order valence-electron chi connectivity index (χ2n) is 3.78. The standard InChI is InChI=1S/C11H6ClN3O5S/c12-10-8(15(19)20)5-9(21-10)11(16)13-6-1-3-7(4-2-6)14(17)18/h1-5H,(H,13,16). The van der Waals surface area contributed by atoms with Gasteiger partial charge in [-0.15, -0.1) is 11.3 Å². The van der Waals surface area contributed by atoms with Gasteiger partial charge in [-0.2, -0.15) is 0 Å². The van der Waals surface area contributed by atoms with Crippen LogP contribution in [0.1, 0.15) is 9.67 Å². The van der Waals surface area contributed by atoms with Gasteiger partial charge in [0.2, 0.25) is 0 Å². The molecule has 2 rings (SSSR count). The SMILES string of the molecule is O=C(Nc1ccc([N+](=O)[O-])cc1)c1cc([N+](=O)[O-])c(Cl)s1. The van der Waals surface area contributed by atoms with Gasteiger partial charge in [0.05, 0.1) is 9.85 Å². The molecule has 0 saturated carbocycles. The number of non-ortho nitro benzene ring substituents is 1. The van der Waals surface area contributed by atoms with Gasteiger partial charge in [0.15, 0.2) is 4.34 Å². The lowest BCUT2D eigenvalue weighted by Crippen LogP contribution is -2.10. The fourth-order valence-electron chi connectivity index (χ4n) is 1.45. The molecule has 21 heavy (non-hydrogen) atoms. The lowest BCUT2D eigenvalue weighted by molar-refractivity contribution is -0.384. The number of hydrogen-bond acceptors (Lipinski definition) is 6. The zero-order chi connectivity index (χ0) is 15.6. The predicted molar refractivity (Wildman–Crippen MR) is 77.0 cm³/mol. The minimum absolute atomic E-state index is 0.0741. The van der Waals surface area contributed by atoms with E-state index in [1.807, 2.05) is 0 Å². The van der Waals surface area contributed by atoms with Crippen LogP contribution in [-0.4, -0.2) is 15.8 Å². The molecule has 0 atom stereocenters.